The first-order valence-electron chi connectivity index (χ1n) is 7.68. The summed E-state index contributed by atoms with van der Waals surface area (Å²) in [6.45, 7) is 3.22. The zero-order valence-electron chi connectivity index (χ0n) is 14.0. The van der Waals surface area contributed by atoms with Crippen molar-refractivity contribution in [3.8, 4) is 24.0 Å². The van der Waals surface area contributed by atoms with E-state index >= 15 is 0 Å². The van der Waals surface area contributed by atoms with E-state index in [1.165, 1.54) is 7.11 Å². The van der Waals surface area contributed by atoms with Crippen molar-refractivity contribution in [2.24, 2.45) is 16.7 Å². The number of benzene rings is 1. The zero-order chi connectivity index (χ0) is 18.5. The van der Waals surface area contributed by atoms with Gasteiger partial charge in [0.15, 0.2) is 10.8 Å². The summed E-state index contributed by atoms with van der Waals surface area (Å²) in [6.07, 6.45) is -1.01. The lowest BCUT2D eigenvalue weighted by Crippen LogP contribution is -2.71. The molecule has 0 aromatic heterocycles. The summed E-state index contributed by atoms with van der Waals surface area (Å²) < 4.78 is 16.8. The van der Waals surface area contributed by atoms with Gasteiger partial charge < -0.3 is 14.2 Å². The third-order valence-electron chi connectivity index (χ3n) is 5.39. The molecular formula is C18H16N4O3. The Labute approximate surface area is 145 Å². The van der Waals surface area contributed by atoms with E-state index in [9.17, 15) is 15.8 Å². The Morgan fingerprint density at radius 2 is 1.88 bits per heavy atom. The van der Waals surface area contributed by atoms with Gasteiger partial charge >= 0.3 is 0 Å². The Bertz CT molecular complexity index is 864. The van der Waals surface area contributed by atoms with Crippen molar-refractivity contribution in [1.82, 2.24) is 0 Å². The Kier molecular flexibility index (Phi) is 3.49. The van der Waals surface area contributed by atoms with Crippen molar-refractivity contribution >= 4 is 5.90 Å². The molecule has 1 aromatic rings. The van der Waals surface area contributed by atoms with Crippen molar-refractivity contribution in [2.45, 2.75) is 25.7 Å². The van der Waals surface area contributed by atoms with Crippen LogP contribution in [0.2, 0.25) is 0 Å². The number of nitrogens with one attached hydrogen (secondary N) is 1. The smallest absolute Gasteiger partial charge is 0.215 e. The lowest BCUT2D eigenvalue weighted by Gasteiger charge is -2.60. The minimum atomic E-state index is -1.87. The second-order valence-electron chi connectivity index (χ2n) is 6.39. The number of rotatable bonds is 2. The van der Waals surface area contributed by atoms with Gasteiger partial charge in [-0.05, 0) is 17.7 Å². The molecule has 3 heterocycles. The normalized spacial score (nSPS) is 35.0. The molecule has 4 atom stereocenters. The van der Waals surface area contributed by atoms with Crippen LogP contribution in [0.15, 0.2) is 24.3 Å². The highest BCUT2D eigenvalue weighted by Gasteiger charge is 2.78. The number of nitriles is 3. The quantitative estimate of drug-likeness (QED) is 0.885. The molecule has 0 saturated carbocycles. The van der Waals surface area contributed by atoms with E-state index in [-0.39, 0.29) is 0 Å². The van der Waals surface area contributed by atoms with Crippen molar-refractivity contribution in [3.05, 3.63) is 29.8 Å². The van der Waals surface area contributed by atoms with Gasteiger partial charge in [0.1, 0.15) is 11.9 Å². The molecule has 1 N–H and O–H groups in total. The summed E-state index contributed by atoms with van der Waals surface area (Å²) in [5, 5.41) is 38.1. The lowest BCUT2D eigenvalue weighted by molar-refractivity contribution is -0.338. The van der Waals surface area contributed by atoms with Crippen LogP contribution < -0.4 is 4.74 Å². The van der Waals surface area contributed by atoms with Crippen LogP contribution >= 0.6 is 0 Å². The molecule has 7 heteroatoms. The predicted octanol–water partition coefficient (Wildman–Crippen LogP) is 2.67. The van der Waals surface area contributed by atoms with Gasteiger partial charge in [0, 0.05) is 6.92 Å². The zero-order valence-corrected chi connectivity index (χ0v) is 14.0. The highest BCUT2D eigenvalue weighted by atomic mass is 16.7. The summed E-state index contributed by atoms with van der Waals surface area (Å²) >= 11 is 0. The Morgan fingerprint density at radius 1 is 1.20 bits per heavy atom. The number of ether oxygens (including phenoxy) is 3. The molecule has 0 amide bonds. The largest absolute Gasteiger partial charge is 0.497 e. The van der Waals surface area contributed by atoms with E-state index in [2.05, 4.69) is 0 Å². The monoisotopic (exact) mass is 336 g/mol. The fourth-order valence-corrected chi connectivity index (χ4v) is 3.77. The van der Waals surface area contributed by atoms with E-state index in [4.69, 9.17) is 19.6 Å². The van der Waals surface area contributed by atoms with E-state index < -0.39 is 34.5 Å². The summed E-state index contributed by atoms with van der Waals surface area (Å²) in [6, 6.07) is 12.9. The molecule has 0 aliphatic carbocycles. The van der Waals surface area contributed by atoms with Crippen LogP contribution in [0.5, 0.6) is 5.75 Å². The molecule has 3 saturated heterocycles. The van der Waals surface area contributed by atoms with Crippen LogP contribution in [0.25, 0.3) is 0 Å². The first kappa shape index (κ1) is 16.8. The molecule has 7 nitrogen and oxygen atoms in total. The minimum Gasteiger partial charge on any atom is -0.497 e. The van der Waals surface area contributed by atoms with E-state index in [0.29, 0.717) is 11.3 Å². The summed E-state index contributed by atoms with van der Waals surface area (Å²) in [5.74, 6) is -1.97. The van der Waals surface area contributed by atoms with Gasteiger partial charge in [-0.2, -0.15) is 15.8 Å². The van der Waals surface area contributed by atoms with Crippen molar-refractivity contribution < 1.29 is 14.2 Å². The molecule has 3 fully saturated rings. The van der Waals surface area contributed by atoms with Crippen LogP contribution in [0.1, 0.15) is 25.5 Å². The fourth-order valence-electron chi connectivity index (χ4n) is 3.77. The Morgan fingerprint density at radius 3 is 2.44 bits per heavy atom. The van der Waals surface area contributed by atoms with E-state index in [1.54, 1.807) is 38.1 Å². The summed E-state index contributed by atoms with van der Waals surface area (Å²) in [7, 11) is 1.51. The molecule has 0 radical (unpaired) electrons. The second kappa shape index (κ2) is 5.21. The van der Waals surface area contributed by atoms with Gasteiger partial charge in [-0.3, -0.25) is 5.41 Å². The topological polar surface area (TPSA) is 123 Å². The number of nitrogens with zero attached hydrogens (tertiary/aromatic N) is 3. The van der Waals surface area contributed by atoms with Gasteiger partial charge in [-0.1, -0.05) is 19.1 Å². The van der Waals surface area contributed by atoms with Gasteiger partial charge in [-0.25, -0.2) is 0 Å². The fraction of sp³-hybridized carbons (Fsp3) is 0.444. The Hall–Kier alpha value is -3.08. The predicted molar refractivity (Wildman–Crippen MR) is 84.9 cm³/mol. The first-order valence-corrected chi connectivity index (χ1v) is 7.68. The summed E-state index contributed by atoms with van der Waals surface area (Å²) in [4.78, 5) is 0. The number of fused-ring (bicyclic) bond motifs is 3. The molecule has 3 aliphatic heterocycles. The van der Waals surface area contributed by atoms with Gasteiger partial charge in [0.25, 0.3) is 0 Å². The molecular weight excluding hydrogens is 320 g/mol. The van der Waals surface area contributed by atoms with Crippen molar-refractivity contribution in [1.29, 1.82) is 21.2 Å². The minimum absolute atomic E-state index is 0.419. The molecule has 126 valence electrons. The number of hydrogen-bond acceptors (Lipinski definition) is 7. The van der Waals surface area contributed by atoms with Crippen LogP contribution in [-0.2, 0) is 9.47 Å². The van der Waals surface area contributed by atoms with E-state index in [1.807, 2.05) is 18.2 Å². The van der Waals surface area contributed by atoms with Gasteiger partial charge in [0.05, 0.1) is 31.2 Å². The molecule has 0 spiro atoms. The summed E-state index contributed by atoms with van der Waals surface area (Å²) in [5.41, 5.74) is -3.11. The molecule has 4 rings (SSSR count). The van der Waals surface area contributed by atoms with Gasteiger partial charge in [-0.15, -0.1) is 0 Å². The lowest BCUT2D eigenvalue weighted by atomic mass is 9.51. The molecule has 0 unspecified atom stereocenters. The SMILES string of the molecule is COc1cccc([C@H]2O[C@]3(C)OC(=N)[C@]2(C#N)C(C#N)(C#N)[C@@H]3C)c1. The average molecular weight is 336 g/mol. The Balaban J connectivity index is 2.32. The van der Waals surface area contributed by atoms with Crippen LogP contribution in [0.4, 0.5) is 0 Å². The van der Waals surface area contributed by atoms with Crippen LogP contribution in [-0.4, -0.2) is 18.8 Å². The van der Waals surface area contributed by atoms with Crippen LogP contribution in [0.3, 0.4) is 0 Å². The molecule has 25 heavy (non-hydrogen) atoms. The third-order valence-corrected chi connectivity index (χ3v) is 5.39. The molecule has 2 bridgehead atoms. The van der Waals surface area contributed by atoms with Gasteiger partial charge in [0.2, 0.25) is 11.7 Å². The maximum Gasteiger partial charge on any atom is 0.215 e. The number of methoxy groups -OCH3 is 1. The maximum absolute atomic E-state index is 10.0. The maximum atomic E-state index is 10.0. The van der Waals surface area contributed by atoms with Crippen LogP contribution in [0, 0.1) is 56.2 Å². The first-order chi connectivity index (χ1) is 11.8. The van der Waals surface area contributed by atoms with Crippen molar-refractivity contribution in [3.63, 3.8) is 0 Å². The average Bonchev–Trinajstić information content (AvgIpc) is 2.63. The molecule has 3 aliphatic rings. The number of hydrogen-bond donors (Lipinski definition) is 1. The van der Waals surface area contributed by atoms with Crippen molar-refractivity contribution in [2.75, 3.05) is 7.11 Å². The molecule has 1 aromatic carbocycles. The highest BCUT2D eigenvalue weighted by molar-refractivity contribution is 5.88. The third kappa shape index (κ3) is 1.78. The highest BCUT2D eigenvalue weighted by Crippen LogP contribution is 2.66. The second-order valence-corrected chi connectivity index (χ2v) is 6.39. The van der Waals surface area contributed by atoms with E-state index in [0.717, 1.165) is 0 Å². The standard InChI is InChI=1S/C18H16N4O3/c1-11-16(2)24-14(12-5-4-6-13(7-12)23-3)18(10-21,15(22)25-16)17(11,8-19)9-20/h4-7,11,14,22H,1-3H3/t11-,14-,16-,18-/m1/s1.